The Bertz CT molecular complexity index is 699. The normalized spacial score (nSPS) is 27.9. The molecule has 2 N–H and O–H groups in total. The number of amides is 2. The SMILES string of the molecule is O=C1NC(=O)[C@@H]2[C@H]1[C@H](c1ccco1)NN2Cc1ccccc1. The Morgan fingerprint density at radius 2 is 1.86 bits per heavy atom. The number of fused-ring (bicyclic) bond motifs is 1. The maximum absolute atomic E-state index is 12.1. The molecule has 2 saturated heterocycles. The molecule has 0 spiro atoms. The van der Waals surface area contributed by atoms with Crippen LogP contribution in [0.4, 0.5) is 0 Å². The number of hydrazine groups is 1. The molecule has 3 heterocycles. The fourth-order valence-corrected chi connectivity index (χ4v) is 3.23. The number of benzene rings is 1. The molecule has 3 atom stereocenters. The summed E-state index contributed by atoms with van der Waals surface area (Å²) in [6.07, 6.45) is 1.57. The van der Waals surface area contributed by atoms with Crippen LogP contribution in [0.3, 0.4) is 0 Å². The molecule has 2 amide bonds. The van der Waals surface area contributed by atoms with E-state index >= 15 is 0 Å². The molecule has 1 aromatic carbocycles. The third-order valence-corrected chi connectivity index (χ3v) is 4.20. The Labute approximate surface area is 127 Å². The van der Waals surface area contributed by atoms with E-state index in [9.17, 15) is 9.59 Å². The first-order chi connectivity index (χ1) is 10.7. The summed E-state index contributed by atoms with van der Waals surface area (Å²) >= 11 is 0. The fourth-order valence-electron chi connectivity index (χ4n) is 3.23. The van der Waals surface area contributed by atoms with E-state index < -0.39 is 12.0 Å². The molecular weight excluding hydrogens is 282 g/mol. The molecule has 2 aromatic rings. The highest BCUT2D eigenvalue weighted by molar-refractivity contribution is 6.07. The zero-order valence-corrected chi connectivity index (χ0v) is 11.7. The van der Waals surface area contributed by atoms with Gasteiger partial charge in [-0.05, 0) is 17.7 Å². The van der Waals surface area contributed by atoms with E-state index in [1.54, 1.807) is 12.3 Å². The number of furan rings is 1. The lowest BCUT2D eigenvalue weighted by atomic mass is 9.94. The van der Waals surface area contributed by atoms with Gasteiger partial charge in [0.05, 0.1) is 18.2 Å². The Kier molecular flexibility index (Phi) is 3.06. The van der Waals surface area contributed by atoms with Crippen molar-refractivity contribution in [3.05, 3.63) is 60.1 Å². The number of nitrogens with zero attached hydrogens (tertiary/aromatic N) is 1. The number of nitrogens with one attached hydrogen (secondary N) is 2. The zero-order valence-electron chi connectivity index (χ0n) is 11.7. The largest absolute Gasteiger partial charge is 0.468 e. The Hall–Kier alpha value is -2.44. The van der Waals surface area contributed by atoms with Crippen LogP contribution < -0.4 is 10.7 Å². The van der Waals surface area contributed by atoms with E-state index in [0.717, 1.165) is 5.56 Å². The lowest BCUT2D eigenvalue weighted by molar-refractivity contribution is -0.127. The molecule has 4 rings (SSSR count). The molecule has 6 heteroatoms. The maximum Gasteiger partial charge on any atom is 0.246 e. The van der Waals surface area contributed by atoms with Crippen molar-refractivity contribution in [3.8, 4) is 0 Å². The van der Waals surface area contributed by atoms with E-state index in [0.29, 0.717) is 12.3 Å². The highest BCUT2D eigenvalue weighted by atomic mass is 16.3. The number of hydrogen-bond donors (Lipinski definition) is 2. The molecule has 6 nitrogen and oxygen atoms in total. The predicted molar refractivity (Wildman–Crippen MR) is 77.0 cm³/mol. The van der Waals surface area contributed by atoms with Gasteiger partial charge < -0.3 is 4.42 Å². The molecule has 0 aliphatic carbocycles. The summed E-state index contributed by atoms with van der Waals surface area (Å²) in [6, 6.07) is 12.6. The number of carbonyl (C=O) groups is 2. The van der Waals surface area contributed by atoms with E-state index in [2.05, 4.69) is 10.7 Å². The standard InChI is InChI=1S/C16H15N3O3/c20-15-12-13(11-7-4-8-22-11)18-19(14(12)16(21)17-15)9-10-5-2-1-3-6-10/h1-8,12-14,18H,9H2,(H,17,20,21)/t12-,13+,14+/m1/s1. The van der Waals surface area contributed by atoms with Gasteiger partial charge >= 0.3 is 0 Å². The van der Waals surface area contributed by atoms with Crippen molar-refractivity contribution in [3.63, 3.8) is 0 Å². The molecule has 0 radical (unpaired) electrons. The highest BCUT2D eigenvalue weighted by Crippen LogP contribution is 2.37. The zero-order chi connectivity index (χ0) is 15.1. The number of hydrogen-bond acceptors (Lipinski definition) is 5. The summed E-state index contributed by atoms with van der Waals surface area (Å²) in [5.74, 6) is -0.315. The Balaban J connectivity index is 1.65. The van der Waals surface area contributed by atoms with Gasteiger partial charge in [-0.15, -0.1) is 0 Å². The minimum atomic E-state index is -0.511. The van der Waals surface area contributed by atoms with Crippen LogP contribution in [0.2, 0.25) is 0 Å². The lowest BCUT2D eigenvalue weighted by Crippen LogP contribution is -2.43. The van der Waals surface area contributed by atoms with Crippen LogP contribution in [-0.4, -0.2) is 22.9 Å². The van der Waals surface area contributed by atoms with Gasteiger partial charge in [-0.2, -0.15) is 0 Å². The Morgan fingerprint density at radius 1 is 1.05 bits per heavy atom. The molecule has 0 bridgehead atoms. The van der Waals surface area contributed by atoms with Crippen molar-refractivity contribution in [1.29, 1.82) is 0 Å². The summed E-state index contributed by atoms with van der Waals surface area (Å²) in [4.78, 5) is 24.3. The summed E-state index contributed by atoms with van der Waals surface area (Å²) in [7, 11) is 0. The van der Waals surface area contributed by atoms with Gasteiger partial charge in [0.25, 0.3) is 0 Å². The van der Waals surface area contributed by atoms with E-state index in [4.69, 9.17) is 4.42 Å². The quantitative estimate of drug-likeness (QED) is 0.826. The lowest BCUT2D eigenvalue weighted by Gasteiger charge is -2.21. The van der Waals surface area contributed by atoms with Crippen molar-refractivity contribution >= 4 is 11.8 Å². The molecule has 2 aliphatic rings. The smallest absolute Gasteiger partial charge is 0.246 e. The minimum Gasteiger partial charge on any atom is -0.468 e. The molecule has 1 aromatic heterocycles. The second kappa shape index (κ2) is 5.08. The van der Waals surface area contributed by atoms with Crippen molar-refractivity contribution < 1.29 is 14.0 Å². The molecule has 22 heavy (non-hydrogen) atoms. The van der Waals surface area contributed by atoms with Crippen LogP contribution in [0.15, 0.2) is 53.1 Å². The number of carbonyl (C=O) groups excluding carboxylic acids is 2. The minimum absolute atomic E-state index is 0.250. The maximum atomic E-state index is 12.1. The summed E-state index contributed by atoms with van der Waals surface area (Å²) < 4.78 is 5.43. The first kappa shape index (κ1) is 13.2. The van der Waals surface area contributed by atoms with Crippen LogP contribution in [-0.2, 0) is 16.1 Å². The predicted octanol–water partition coefficient (Wildman–Crippen LogP) is 0.982. The highest BCUT2D eigenvalue weighted by Gasteiger charge is 2.55. The summed E-state index contributed by atoms with van der Waals surface area (Å²) in [5.41, 5.74) is 4.33. The summed E-state index contributed by atoms with van der Waals surface area (Å²) in [5, 5.41) is 4.25. The van der Waals surface area contributed by atoms with Crippen LogP contribution >= 0.6 is 0 Å². The monoisotopic (exact) mass is 297 g/mol. The van der Waals surface area contributed by atoms with Crippen LogP contribution in [0, 0.1) is 5.92 Å². The van der Waals surface area contributed by atoms with Gasteiger partial charge in [0.2, 0.25) is 11.8 Å². The first-order valence-electron chi connectivity index (χ1n) is 7.19. The molecule has 2 fully saturated rings. The van der Waals surface area contributed by atoms with Crippen molar-refractivity contribution in [1.82, 2.24) is 15.8 Å². The number of imide groups is 1. The van der Waals surface area contributed by atoms with Gasteiger partial charge in [-0.25, -0.2) is 10.4 Å². The van der Waals surface area contributed by atoms with Crippen molar-refractivity contribution in [2.24, 2.45) is 5.92 Å². The molecule has 2 aliphatic heterocycles. The molecule has 0 unspecified atom stereocenters. The molecular formula is C16H15N3O3. The average Bonchev–Trinajstić information content (AvgIpc) is 3.20. The van der Waals surface area contributed by atoms with Gasteiger partial charge in [0, 0.05) is 6.54 Å². The van der Waals surface area contributed by atoms with Crippen LogP contribution in [0.1, 0.15) is 17.4 Å². The van der Waals surface area contributed by atoms with Crippen molar-refractivity contribution in [2.75, 3.05) is 0 Å². The average molecular weight is 297 g/mol. The first-order valence-corrected chi connectivity index (χ1v) is 7.19. The van der Waals surface area contributed by atoms with E-state index in [1.165, 1.54) is 0 Å². The number of rotatable bonds is 3. The van der Waals surface area contributed by atoms with Gasteiger partial charge in [-0.3, -0.25) is 14.9 Å². The van der Waals surface area contributed by atoms with Gasteiger partial charge in [0.1, 0.15) is 11.8 Å². The fraction of sp³-hybridized carbons (Fsp3) is 0.250. The molecule has 112 valence electrons. The van der Waals surface area contributed by atoms with Crippen LogP contribution in [0.5, 0.6) is 0 Å². The molecule has 0 saturated carbocycles. The van der Waals surface area contributed by atoms with E-state index in [-0.39, 0.29) is 17.9 Å². The Morgan fingerprint density at radius 3 is 2.59 bits per heavy atom. The topological polar surface area (TPSA) is 74.6 Å². The van der Waals surface area contributed by atoms with E-state index in [1.807, 2.05) is 41.4 Å². The second-order valence-corrected chi connectivity index (χ2v) is 5.56. The second-order valence-electron chi connectivity index (χ2n) is 5.56. The van der Waals surface area contributed by atoms with Crippen LogP contribution in [0.25, 0.3) is 0 Å². The third kappa shape index (κ3) is 2.04. The van der Waals surface area contributed by atoms with Gasteiger partial charge in [-0.1, -0.05) is 30.3 Å². The van der Waals surface area contributed by atoms with Gasteiger partial charge in [0.15, 0.2) is 0 Å². The van der Waals surface area contributed by atoms with Crippen molar-refractivity contribution in [2.45, 2.75) is 18.6 Å². The summed E-state index contributed by atoms with van der Waals surface area (Å²) in [6.45, 7) is 0.542. The third-order valence-electron chi connectivity index (χ3n) is 4.20.